The molecular formula is C14H17F2NO4. The first-order chi connectivity index (χ1) is 9.93. The Morgan fingerprint density at radius 2 is 2.10 bits per heavy atom. The summed E-state index contributed by atoms with van der Waals surface area (Å²) in [6.07, 6.45) is -0.00488. The second kappa shape index (κ2) is 8.31. The van der Waals surface area contributed by atoms with Crippen molar-refractivity contribution in [2.24, 2.45) is 0 Å². The van der Waals surface area contributed by atoms with Gasteiger partial charge in [-0.1, -0.05) is 0 Å². The molecule has 1 amide bonds. The van der Waals surface area contributed by atoms with Crippen LogP contribution in [0.15, 0.2) is 18.2 Å². The maximum atomic E-state index is 13.4. The third-order valence-corrected chi connectivity index (χ3v) is 2.87. The van der Waals surface area contributed by atoms with Gasteiger partial charge in [0.15, 0.2) is 0 Å². The summed E-state index contributed by atoms with van der Waals surface area (Å²) < 4.78 is 31.1. The van der Waals surface area contributed by atoms with Crippen LogP contribution < -0.4 is 5.32 Å². The lowest BCUT2D eigenvalue weighted by Gasteiger charge is -2.14. The molecule has 1 atom stereocenters. The van der Waals surface area contributed by atoms with Crippen molar-refractivity contribution < 1.29 is 28.2 Å². The van der Waals surface area contributed by atoms with Gasteiger partial charge in [-0.15, -0.1) is 0 Å². The minimum Gasteiger partial charge on any atom is -0.480 e. The fourth-order valence-electron chi connectivity index (χ4n) is 1.74. The second-order valence-electron chi connectivity index (χ2n) is 4.48. The van der Waals surface area contributed by atoms with Crippen LogP contribution in [-0.4, -0.2) is 36.7 Å². The molecule has 116 valence electrons. The van der Waals surface area contributed by atoms with Crippen molar-refractivity contribution in [3.8, 4) is 0 Å². The number of ether oxygens (including phenoxy) is 1. The smallest absolute Gasteiger partial charge is 0.326 e. The normalized spacial score (nSPS) is 12.0. The lowest BCUT2D eigenvalue weighted by atomic mass is 10.1. The fourth-order valence-corrected chi connectivity index (χ4v) is 1.74. The number of carboxylic acid groups (broad SMARTS) is 1. The quantitative estimate of drug-likeness (QED) is 0.763. The number of aryl methyl sites for hydroxylation is 1. The zero-order valence-corrected chi connectivity index (χ0v) is 11.6. The molecule has 1 aromatic rings. The van der Waals surface area contributed by atoms with Crippen LogP contribution in [0.1, 0.15) is 18.4 Å². The average Bonchev–Trinajstić information content (AvgIpc) is 2.44. The monoisotopic (exact) mass is 301 g/mol. The molecule has 1 aromatic carbocycles. The molecule has 1 rings (SSSR count). The topological polar surface area (TPSA) is 75.6 Å². The molecular weight excluding hydrogens is 284 g/mol. The highest BCUT2D eigenvalue weighted by atomic mass is 19.1. The van der Waals surface area contributed by atoms with Gasteiger partial charge in [0.25, 0.3) is 0 Å². The highest BCUT2D eigenvalue weighted by molar-refractivity contribution is 5.83. The Bertz CT molecular complexity index is 508. The number of nitrogens with one attached hydrogen (secondary N) is 1. The third kappa shape index (κ3) is 5.86. The molecule has 0 aliphatic heterocycles. The van der Waals surface area contributed by atoms with E-state index >= 15 is 0 Å². The Morgan fingerprint density at radius 1 is 1.38 bits per heavy atom. The molecule has 0 aliphatic carbocycles. The number of aliphatic carboxylic acids is 1. The molecule has 0 aliphatic rings. The Labute approximate surface area is 120 Å². The van der Waals surface area contributed by atoms with E-state index in [1.165, 1.54) is 7.11 Å². The molecule has 0 radical (unpaired) electrons. The first-order valence-electron chi connectivity index (χ1n) is 6.39. The summed E-state index contributed by atoms with van der Waals surface area (Å²) in [6, 6.07) is 1.93. The summed E-state index contributed by atoms with van der Waals surface area (Å²) in [6.45, 7) is 0.190. The summed E-state index contributed by atoms with van der Waals surface area (Å²) >= 11 is 0. The van der Waals surface area contributed by atoms with Crippen LogP contribution in [-0.2, 0) is 20.7 Å². The van der Waals surface area contributed by atoms with E-state index in [0.717, 1.165) is 18.2 Å². The van der Waals surface area contributed by atoms with Crippen LogP contribution in [0.3, 0.4) is 0 Å². The lowest BCUT2D eigenvalue weighted by molar-refractivity contribution is -0.142. The first kappa shape index (κ1) is 17.0. The number of carbonyl (C=O) groups excluding carboxylic acids is 1. The number of hydrogen-bond donors (Lipinski definition) is 2. The lowest BCUT2D eigenvalue weighted by Crippen LogP contribution is -2.41. The number of methoxy groups -OCH3 is 1. The maximum absolute atomic E-state index is 13.4. The number of benzene rings is 1. The van der Waals surface area contributed by atoms with Gasteiger partial charge in [0.1, 0.15) is 17.7 Å². The van der Waals surface area contributed by atoms with Gasteiger partial charge in [-0.3, -0.25) is 4.79 Å². The zero-order chi connectivity index (χ0) is 15.8. The standard InChI is InChI=1S/C14H17F2NO4/c1-21-7-6-12(14(19)20)17-13(18)5-2-9-8-10(15)3-4-11(9)16/h3-4,8,12H,2,5-7H2,1H3,(H,17,18)(H,19,20). The van der Waals surface area contributed by atoms with Crippen LogP contribution >= 0.6 is 0 Å². The van der Waals surface area contributed by atoms with Gasteiger partial charge in [-0.25, -0.2) is 13.6 Å². The summed E-state index contributed by atoms with van der Waals surface area (Å²) in [7, 11) is 1.42. The van der Waals surface area contributed by atoms with E-state index in [9.17, 15) is 18.4 Å². The molecule has 0 saturated carbocycles. The minimum absolute atomic E-state index is 0.00789. The van der Waals surface area contributed by atoms with Crippen LogP contribution in [0.25, 0.3) is 0 Å². The Balaban J connectivity index is 2.52. The number of halogens is 2. The maximum Gasteiger partial charge on any atom is 0.326 e. The summed E-state index contributed by atoms with van der Waals surface area (Å²) in [5.74, 6) is -2.90. The van der Waals surface area contributed by atoms with Crippen molar-refractivity contribution >= 4 is 11.9 Å². The largest absolute Gasteiger partial charge is 0.480 e. The molecule has 0 bridgehead atoms. The van der Waals surface area contributed by atoms with Crippen LogP contribution in [0, 0.1) is 11.6 Å². The summed E-state index contributed by atoms with van der Waals surface area (Å²) in [5.41, 5.74) is 0.0777. The van der Waals surface area contributed by atoms with E-state index < -0.39 is 29.6 Å². The molecule has 0 fully saturated rings. The Hall–Kier alpha value is -2.02. The van der Waals surface area contributed by atoms with E-state index in [0.29, 0.717) is 0 Å². The molecule has 0 spiro atoms. The SMILES string of the molecule is COCCC(NC(=O)CCc1cc(F)ccc1F)C(=O)O. The molecule has 0 heterocycles. The van der Waals surface area contributed by atoms with Gasteiger partial charge in [0.05, 0.1) is 0 Å². The van der Waals surface area contributed by atoms with E-state index in [1.807, 2.05) is 0 Å². The molecule has 5 nitrogen and oxygen atoms in total. The van der Waals surface area contributed by atoms with Gasteiger partial charge in [-0.05, 0) is 30.2 Å². The zero-order valence-electron chi connectivity index (χ0n) is 11.6. The number of rotatable bonds is 8. The number of hydrogen-bond acceptors (Lipinski definition) is 3. The highest BCUT2D eigenvalue weighted by Gasteiger charge is 2.19. The van der Waals surface area contributed by atoms with E-state index in [1.54, 1.807) is 0 Å². The van der Waals surface area contributed by atoms with Crippen LogP contribution in [0.4, 0.5) is 8.78 Å². The van der Waals surface area contributed by atoms with Crippen LogP contribution in [0.2, 0.25) is 0 Å². The van der Waals surface area contributed by atoms with Gasteiger partial charge >= 0.3 is 5.97 Å². The van der Waals surface area contributed by atoms with Crippen molar-refractivity contribution in [3.05, 3.63) is 35.4 Å². The molecule has 0 saturated heterocycles. The first-order valence-corrected chi connectivity index (χ1v) is 6.39. The molecule has 21 heavy (non-hydrogen) atoms. The number of amides is 1. The third-order valence-electron chi connectivity index (χ3n) is 2.87. The minimum atomic E-state index is -1.17. The van der Waals surface area contributed by atoms with E-state index in [2.05, 4.69) is 5.32 Å². The number of carboxylic acids is 1. The average molecular weight is 301 g/mol. The van der Waals surface area contributed by atoms with Crippen molar-refractivity contribution in [2.75, 3.05) is 13.7 Å². The van der Waals surface area contributed by atoms with Gasteiger partial charge in [-0.2, -0.15) is 0 Å². The summed E-state index contributed by atoms with van der Waals surface area (Å²) in [5, 5.41) is 11.3. The van der Waals surface area contributed by atoms with E-state index in [4.69, 9.17) is 9.84 Å². The predicted molar refractivity (Wildman–Crippen MR) is 70.7 cm³/mol. The fraction of sp³-hybridized carbons (Fsp3) is 0.429. The van der Waals surface area contributed by atoms with Crippen molar-refractivity contribution in [1.29, 1.82) is 0 Å². The molecule has 7 heteroatoms. The Morgan fingerprint density at radius 3 is 2.71 bits per heavy atom. The van der Waals surface area contributed by atoms with Crippen molar-refractivity contribution in [2.45, 2.75) is 25.3 Å². The van der Waals surface area contributed by atoms with Crippen molar-refractivity contribution in [3.63, 3.8) is 0 Å². The van der Waals surface area contributed by atoms with Crippen LogP contribution in [0.5, 0.6) is 0 Å². The molecule has 1 unspecified atom stereocenters. The summed E-state index contributed by atoms with van der Waals surface area (Å²) in [4.78, 5) is 22.6. The molecule has 2 N–H and O–H groups in total. The number of carbonyl (C=O) groups is 2. The second-order valence-corrected chi connectivity index (χ2v) is 4.48. The van der Waals surface area contributed by atoms with Gasteiger partial charge in [0.2, 0.25) is 5.91 Å². The Kier molecular flexibility index (Phi) is 6.74. The van der Waals surface area contributed by atoms with Crippen molar-refractivity contribution in [1.82, 2.24) is 5.32 Å². The molecule has 0 aromatic heterocycles. The highest BCUT2D eigenvalue weighted by Crippen LogP contribution is 2.11. The van der Waals surface area contributed by atoms with Gasteiger partial charge < -0.3 is 15.2 Å². The van der Waals surface area contributed by atoms with E-state index in [-0.39, 0.29) is 31.4 Å². The predicted octanol–water partition coefficient (Wildman–Crippen LogP) is 1.50. The van der Waals surface area contributed by atoms with Gasteiger partial charge in [0, 0.05) is 26.6 Å².